The van der Waals surface area contributed by atoms with Gasteiger partial charge in [-0.25, -0.2) is 0 Å². The maximum atomic E-state index is 5.60. The van der Waals surface area contributed by atoms with E-state index in [1.807, 2.05) is 0 Å². The fourth-order valence-electron chi connectivity index (χ4n) is 1.14. The summed E-state index contributed by atoms with van der Waals surface area (Å²) in [5.41, 5.74) is 0. The highest BCUT2D eigenvalue weighted by Gasteiger charge is 2.13. The van der Waals surface area contributed by atoms with Crippen LogP contribution in [0.1, 0.15) is 19.8 Å². The van der Waals surface area contributed by atoms with E-state index in [1.165, 1.54) is 0 Å². The van der Waals surface area contributed by atoms with Crippen LogP contribution in [0.4, 0.5) is 0 Å². The Bertz CT molecular complexity index is 95.7. The summed E-state index contributed by atoms with van der Waals surface area (Å²) in [5, 5.41) is 0. The SMILES string of the molecule is [CH2]C(C)COC1CCOCC1. The van der Waals surface area contributed by atoms with E-state index in [1.54, 1.807) is 0 Å². The van der Waals surface area contributed by atoms with E-state index in [-0.39, 0.29) is 0 Å². The Morgan fingerprint density at radius 3 is 2.73 bits per heavy atom. The third kappa shape index (κ3) is 3.73. The van der Waals surface area contributed by atoms with Gasteiger partial charge in [0.15, 0.2) is 0 Å². The first kappa shape index (κ1) is 9.01. The van der Waals surface area contributed by atoms with Gasteiger partial charge < -0.3 is 9.47 Å². The zero-order chi connectivity index (χ0) is 8.10. The Morgan fingerprint density at radius 1 is 1.55 bits per heavy atom. The monoisotopic (exact) mass is 157 g/mol. The van der Waals surface area contributed by atoms with E-state index >= 15 is 0 Å². The van der Waals surface area contributed by atoms with Crippen LogP contribution >= 0.6 is 0 Å². The predicted octanol–water partition coefficient (Wildman–Crippen LogP) is 1.65. The van der Waals surface area contributed by atoms with Gasteiger partial charge in [-0.1, -0.05) is 6.92 Å². The molecule has 1 heterocycles. The van der Waals surface area contributed by atoms with E-state index in [4.69, 9.17) is 9.47 Å². The van der Waals surface area contributed by atoms with Crippen LogP contribution in [0.15, 0.2) is 0 Å². The Kier molecular flexibility index (Phi) is 3.87. The van der Waals surface area contributed by atoms with E-state index in [2.05, 4.69) is 13.8 Å². The van der Waals surface area contributed by atoms with Crippen LogP contribution in [0, 0.1) is 12.8 Å². The molecule has 0 aromatic carbocycles. The van der Waals surface area contributed by atoms with Crippen LogP contribution in [0.25, 0.3) is 0 Å². The van der Waals surface area contributed by atoms with Gasteiger partial charge in [-0.15, -0.1) is 0 Å². The van der Waals surface area contributed by atoms with Crippen LogP contribution in [0.5, 0.6) is 0 Å². The average Bonchev–Trinajstić information content (AvgIpc) is 2.03. The smallest absolute Gasteiger partial charge is 0.0619 e. The number of ether oxygens (including phenoxy) is 2. The molecule has 0 spiro atoms. The first-order chi connectivity index (χ1) is 5.29. The minimum absolute atomic E-state index is 0.401. The second-order valence-corrected chi connectivity index (χ2v) is 3.25. The quantitative estimate of drug-likeness (QED) is 0.620. The molecular formula is C9H17O2. The lowest BCUT2D eigenvalue weighted by molar-refractivity contribution is -0.0376. The van der Waals surface area contributed by atoms with Crippen molar-refractivity contribution >= 4 is 0 Å². The molecule has 0 aromatic heterocycles. The van der Waals surface area contributed by atoms with Crippen molar-refractivity contribution in [3.8, 4) is 0 Å². The average molecular weight is 157 g/mol. The minimum atomic E-state index is 0.401. The van der Waals surface area contributed by atoms with Crippen molar-refractivity contribution in [1.82, 2.24) is 0 Å². The molecule has 1 aliphatic rings. The van der Waals surface area contributed by atoms with E-state index in [0.717, 1.165) is 32.7 Å². The molecule has 65 valence electrons. The summed E-state index contributed by atoms with van der Waals surface area (Å²) >= 11 is 0. The molecule has 0 aromatic rings. The molecule has 0 N–H and O–H groups in total. The van der Waals surface area contributed by atoms with Gasteiger partial charge in [0.25, 0.3) is 0 Å². The molecule has 2 nitrogen and oxygen atoms in total. The summed E-state index contributed by atoms with van der Waals surface area (Å²) in [6.45, 7) is 8.43. The Balaban J connectivity index is 2.05. The van der Waals surface area contributed by atoms with Crippen molar-refractivity contribution in [1.29, 1.82) is 0 Å². The molecule has 1 rings (SSSR count). The third-order valence-corrected chi connectivity index (χ3v) is 1.78. The van der Waals surface area contributed by atoms with Gasteiger partial charge in [0.1, 0.15) is 0 Å². The molecule has 1 atom stereocenters. The summed E-state index contributed by atoms with van der Waals surface area (Å²) in [7, 11) is 0. The maximum absolute atomic E-state index is 5.60. The second kappa shape index (κ2) is 4.73. The van der Waals surface area contributed by atoms with Crippen LogP contribution in [-0.2, 0) is 9.47 Å². The largest absolute Gasteiger partial charge is 0.381 e. The van der Waals surface area contributed by atoms with Gasteiger partial charge >= 0.3 is 0 Å². The van der Waals surface area contributed by atoms with Crippen molar-refractivity contribution in [2.45, 2.75) is 25.9 Å². The molecule has 0 amide bonds. The van der Waals surface area contributed by atoms with Crippen LogP contribution in [-0.4, -0.2) is 25.9 Å². The van der Waals surface area contributed by atoms with Crippen molar-refractivity contribution in [2.75, 3.05) is 19.8 Å². The van der Waals surface area contributed by atoms with Gasteiger partial charge in [-0.05, 0) is 25.7 Å². The molecule has 1 saturated heterocycles. The van der Waals surface area contributed by atoms with Crippen LogP contribution < -0.4 is 0 Å². The van der Waals surface area contributed by atoms with Gasteiger partial charge in [-0.2, -0.15) is 0 Å². The minimum Gasteiger partial charge on any atom is -0.381 e. The Morgan fingerprint density at radius 2 is 2.18 bits per heavy atom. The van der Waals surface area contributed by atoms with E-state index in [9.17, 15) is 0 Å². The first-order valence-corrected chi connectivity index (χ1v) is 4.31. The van der Waals surface area contributed by atoms with Crippen molar-refractivity contribution in [3.63, 3.8) is 0 Å². The lowest BCUT2D eigenvalue weighted by Crippen LogP contribution is -2.24. The highest BCUT2D eigenvalue weighted by molar-refractivity contribution is 4.63. The highest BCUT2D eigenvalue weighted by Crippen LogP contribution is 2.11. The molecule has 0 aliphatic carbocycles. The molecule has 1 unspecified atom stereocenters. The topological polar surface area (TPSA) is 18.5 Å². The first-order valence-electron chi connectivity index (χ1n) is 4.31. The summed E-state index contributed by atoms with van der Waals surface area (Å²) in [4.78, 5) is 0. The summed E-state index contributed by atoms with van der Waals surface area (Å²) < 4.78 is 10.8. The molecule has 1 fully saturated rings. The zero-order valence-electron chi connectivity index (χ0n) is 7.21. The molecule has 2 heteroatoms. The maximum Gasteiger partial charge on any atom is 0.0619 e. The van der Waals surface area contributed by atoms with Crippen molar-refractivity contribution in [3.05, 3.63) is 6.92 Å². The van der Waals surface area contributed by atoms with Gasteiger partial charge in [-0.3, -0.25) is 0 Å². The molecule has 11 heavy (non-hydrogen) atoms. The molecule has 0 saturated carbocycles. The second-order valence-electron chi connectivity index (χ2n) is 3.25. The third-order valence-electron chi connectivity index (χ3n) is 1.78. The number of hydrogen-bond acceptors (Lipinski definition) is 2. The van der Waals surface area contributed by atoms with Gasteiger partial charge in [0.05, 0.1) is 6.10 Å². The number of hydrogen-bond donors (Lipinski definition) is 0. The molecule has 1 radical (unpaired) electrons. The predicted molar refractivity (Wildman–Crippen MR) is 44.3 cm³/mol. The summed E-state index contributed by atoms with van der Waals surface area (Å²) in [5.74, 6) is 0.401. The normalized spacial score (nSPS) is 21.0. The fraction of sp³-hybridized carbons (Fsp3) is 0.889. The highest BCUT2D eigenvalue weighted by atomic mass is 16.5. The number of rotatable bonds is 3. The Hall–Kier alpha value is -0.0800. The molecular weight excluding hydrogens is 140 g/mol. The molecule has 0 bridgehead atoms. The van der Waals surface area contributed by atoms with Gasteiger partial charge in [0.2, 0.25) is 0 Å². The lowest BCUT2D eigenvalue weighted by atomic mass is 10.1. The fourth-order valence-corrected chi connectivity index (χ4v) is 1.14. The molecule has 1 aliphatic heterocycles. The Labute approximate surface area is 68.9 Å². The van der Waals surface area contributed by atoms with Crippen LogP contribution in [0.3, 0.4) is 0 Å². The zero-order valence-corrected chi connectivity index (χ0v) is 7.21. The standard InChI is InChI=1S/C9H17O2/c1-8(2)7-11-9-3-5-10-6-4-9/h8-9H,1,3-7H2,2H3. The van der Waals surface area contributed by atoms with Crippen LogP contribution in [0.2, 0.25) is 0 Å². The van der Waals surface area contributed by atoms with Gasteiger partial charge in [0, 0.05) is 19.8 Å². The van der Waals surface area contributed by atoms with E-state index < -0.39 is 0 Å². The lowest BCUT2D eigenvalue weighted by Gasteiger charge is -2.23. The summed E-state index contributed by atoms with van der Waals surface area (Å²) in [6, 6.07) is 0. The summed E-state index contributed by atoms with van der Waals surface area (Å²) in [6.07, 6.45) is 2.52. The van der Waals surface area contributed by atoms with Crippen molar-refractivity contribution in [2.24, 2.45) is 5.92 Å². The van der Waals surface area contributed by atoms with Crippen molar-refractivity contribution < 1.29 is 9.47 Å². The van der Waals surface area contributed by atoms with E-state index in [0.29, 0.717) is 12.0 Å².